The van der Waals surface area contributed by atoms with Crippen LogP contribution in [0.4, 0.5) is 0 Å². The van der Waals surface area contributed by atoms with Gasteiger partial charge in [0, 0.05) is 22.1 Å². The number of nitrogens with zero attached hydrogens (tertiary/aromatic N) is 1. The highest BCUT2D eigenvalue weighted by atomic mass is 32.2. The molecule has 2 nitrogen and oxygen atoms in total. The van der Waals surface area contributed by atoms with Gasteiger partial charge in [0.05, 0.1) is 10.7 Å². The van der Waals surface area contributed by atoms with Gasteiger partial charge in [-0.3, -0.25) is 0 Å². The number of benzene rings is 1. The molecule has 0 amide bonds. The molecule has 0 bridgehead atoms. The van der Waals surface area contributed by atoms with Crippen LogP contribution in [-0.2, 0) is 5.75 Å². The van der Waals surface area contributed by atoms with Gasteiger partial charge in [0.1, 0.15) is 0 Å². The maximum Gasteiger partial charge on any atom is 0.0897 e. The van der Waals surface area contributed by atoms with Gasteiger partial charge in [-0.2, -0.15) is 0 Å². The van der Waals surface area contributed by atoms with Crippen LogP contribution in [0.15, 0.2) is 34.5 Å². The lowest BCUT2D eigenvalue weighted by atomic mass is 10.1. The lowest BCUT2D eigenvalue weighted by Crippen LogP contribution is -2.04. The van der Waals surface area contributed by atoms with E-state index in [0.29, 0.717) is 0 Å². The van der Waals surface area contributed by atoms with E-state index >= 15 is 0 Å². The van der Waals surface area contributed by atoms with Crippen LogP contribution in [0.25, 0.3) is 0 Å². The van der Waals surface area contributed by atoms with Crippen LogP contribution in [0.5, 0.6) is 0 Å². The zero-order valence-corrected chi connectivity index (χ0v) is 11.6. The number of nitrogens with two attached hydrogens (primary N) is 1. The van der Waals surface area contributed by atoms with Crippen molar-refractivity contribution < 1.29 is 0 Å². The summed E-state index contributed by atoms with van der Waals surface area (Å²) < 4.78 is 0. The van der Waals surface area contributed by atoms with Gasteiger partial charge in [-0.15, -0.1) is 23.1 Å². The summed E-state index contributed by atoms with van der Waals surface area (Å²) in [5, 5.41) is 3.26. The van der Waals surface area contributed by atoms with E-state index < -0.39 is 0 Å². The molecule has 0 fully saturated rings. The lowest BCUT2D eigenvalue weighted by Gasteiger charge is -2.06. The fourth-order valence-corrected chi connectivity index (χ4v) is 3.01. The van der Waals surface area contributed by atoms with Gasteiger partial charge in [0.15, 0.2) is 0 Å². The van der Waals surface area contributed by atoms with Gasteiger partial charge in [-0.05, 0) is 31.5 Å². The minimum atomic E-state index is 0.107. The molecule has 17 heavy (non-hydrogen) atoms. The Hall–Kier alpha value is -0.840. The summed E-state index contributed by atoms with van der Waals surface area (Å²) in [6, 6.07) is 8.55. The fourth-order valence-electron chi connectivity index (χ4n) is 1.50. The maximum absolute atomic E-state index is 5.82. The molecule has 1 aromatic carbocycles. The Bertz CT molecular complexity index is 474. The first-order valence-electron chi connectivity index (χ1n) is 5.54. The van der Waals surface area contributed by atoms with E-state index in [1.54, 1.807) is 11.3 Å². The summed E-state index contributed by atoms with van der Waals surface area (Å²) in [5.74, 6) is 0.932. The highest BCUT2D eigenvalue weighted by Gasteiger charge is 2.02. The average Bonchev–Trinajstić information content (AvgIpc) is 2.73. The minimum absolute atomic E-state index is 0.107. The van der Waals surface area contributed by atoms with Crippen molar-refractivity contribution in [2.75, 3.05) is 0 Å². The van der Waals surface area contributed by atoms with Crippen LogP contribution < -0.4 is 5.73 Å². The van der Waals surface area contributed by atoms with Crippen molar-refractivity contribution in [3.8, 4) is 0 Å². The molecule has 1 heterocycles. The zero-order chi connectivity index (χ0) is 12.3. The van der Waals surface area contributed by atoms with Crippen molar-refractivity contribution in [1.82, 2.24) is 4.98 Å². The minimum Gasteiger partial charge on any atom is -0.324 e. The standard InChI is InChI=1S/C13H16N2S2/c1-9(14)11-3-5-13(6-4-11)17-8-12-7-16-10(2)15-12/h3-7,9H,8,14H2,1-2H3. The summed E-state index contributed by atoms with van der Waals surface area (Å²) in [7, 11) is 0. The van der Waals surface area contributed by atoms with Gasteiger partial charge < -0.3 is 5.73 Å². The fraction of sp³-hybridized carbons (Fsp3) is 0.308. The molecule has 0 aliphatic heterocycles. The number of thiazole rings is 1. The zero-order valence-electron chi connectivity index (χ0n) is 10.0. The Labute approximate surface area is 110 Å². The van der Waals surface area contributed by atoms with Crippen LogP contribution in [0.2, 0.25) is 0 Å². The molecule has 0 aliphatic rings. The highest BCUT2D eigenvalue weighted by Crippen LogP contribution is 2.24. The second kappa shape index (κ2) is 5.67. The summed E-state index contributed by atoms with van der Waals surface area (Å²) in [6.45, 7) is 4.04. The molecule has 4 heteroatoms. The second-order valence-electron chi connectivity index (χ2n) is 4.00. The molecular weight excluding hydrogens is 248 g/mol. The first-order chi connectivity index (χ1) is 8.15. The van der Waals surface area contributed by atoms with E-state index in [-0.39, 0.29) is 6.04 Å². The van der Waals surface area contributed by atoms with Gasteiger partial charge in [-0.25, -0.2) is 4.98 Å². The van der Waals surface area contributed by atoms with E-state index in [1.807, 2.05) is 25.6 Å². The quantitative estimate of drug-likeness (QED) is 0.854. The maximum atomic E-state index is 5.82. The van der Waals surface area contributed by atoms with Crippen LogP contribution >= 0.6 is 23.1 Å². The van der Waals surface area contributed by atoms with E-state index in [0.717, 1.165) is 16.5 Å². The van der Waals surface area contributed by atoms with Crippen LogP contribution in [0.3, 0.4) is 0 Å². The average molecular weight is 264 g/mol. The van der Waals surface area contributed by atoms with Crippen LogP contribution in [0.1, 0.15) is 29.2 Å². The summed E-state index contributed by atoms with van der Waals surface area (Å²) >= 11 is 3.52. The van der Waals surface area contributed by atoms with E-state index in [9.17, 15) is 0 Å². The molecule has 1 aromatic heterocycles. The normalized spacial score (nSPS) is 12.6. The van der Waals surface area contributed by atoms with E-state index in [1.165, 1.54) is 10.5 Å². The third-order valence-corrected chi connectivity index (χ3v) is 4.33. The third-order valence-electron chi connectivity index (χ3n) is 2.46. The first-order valence-corrected chi connectivity index (χ1v) is 7.41. The largest absolute Gasteiger partial charge is 0.324 e. The van der Waals surface area contributed by atoms with Crippen LogP contribution in [-0.4, -0.2) is 4.98 Å². The van der Waals surface area contributed by atoms with Crippen molar-refractivity contribution in [2.45, 2.75) is 30.5 Å². The van der Waals surface area contributed by atoms with Crippen molar-refractivity contribution in [1.29, 1.82) is 0 Å². The molecule has 90 valence electrons. The molecule has 0 spiro atoms. The highest BCUT2D eigenvalue weighted by molar-refractivity contribution is 7.98. The Kier molecular flexibility index (Phi) is 4.20. The Morgan fingerprint density at radius 2 is 2.06 bits per heavy atom. The van der Waals surface area contributed by atoms with E-state index in [4.69, 9.17) is 5.73 Å². The van der Waals surface area contributed by atoms with Crippen LogP contribution in [0, 0.1) is 6.92 Å². The molecule has 0 radical (unpaired) electrons. The van der Waals surface area contributed by atoms with Gasteiger partial charge in [0.2, 0.25) is 0 Å². The first kappa shape index (κ1) is 12.6. The molecule has 0 saturated carbocycles. The van der Waals surface area contributed by atoms with Gasteiger partial charge in [-0.1, -0.05) is 12.1 Å². The van der Waals surface area contributed by atoms with E-state index in [2.05, 4.69) is 34.6 Å². The number of hydrogen-bond acceptors (Lipinski definition) is 4. The predicted molar refractivity (Wildman–Crippen MR) is 75.5 cm³/mol. The Morgan fingerprint density at radius 3 is 2.59 bits per heavy atom. The lowest BCUT2D eigenvalue weighted by molar-refractivity contribution is 0.817. The van der Waals surface area contributed by atoms with Gasteiger partial charge in [0.25, 0.3) is 0 Å². The smallest absolute Gasteiger partial charge is 0.0897 e. The number of aromatic nitrogens is 1. The van der Waals surface area contributed by atoms with Crippen molar-refractivity contribution in [3.63, 3.8) is 0 Å². The van der Waals surface area contributed by atoms with Crippen molar-refractivity contribution >= 4 is 23.1 Å². The SMILES string of the molecule is Cc1nc(CSc2ccc(C(C)N)cc2)cs1. The summed E-state index contributed by atoms with van der Waals surface area (Å²) in [4.78, 5) is 5.71. The monoisotopic (exact) mass is 264 g/mol. The molecule has 1 unspecified atom stereocenters. The molecule has 2 N–H and O–H groups in total. The third kappa shape index (κ3) is 3.56. The Morgan fingerprint density at radius 1 is 1.35 bits per heavy atom. The molecule has 2 rings (SSSR count). The molecule has 0 saturated heterocycles. The Balaban J connectivity index is 1.95. The molecular formula is C13H16N2S2. The number of hydrogen-bond donors (Lipinski definition) is 1. The van der Waals surface area contributed by atoms with Crippen molar-refractivity contribution in [2.24, 2.45) is 5.73 Å². The predicted octanol–water partition coefficient (Wildman–Crippen LogP) is 3.76. The topological polar surface area (TPSA) is 38.9 Å². The second-order valence-corrected chi connectivity index (χ2v) is 6.12. The summed E-state index contributed by atoms with van der Waals surface area (Å²) in [6.07, 6.45) is 0. The summed E-state index contributed by atoms with van der Waals surface area (Å²) in [5.41, 5.74) is 8.16. The number of rotatable bonds is 4. The molecule has 2 aromatic rings. The number of aryl methyl sites for hydroxylation is 1. The van der Waals surface area contributed by atoms with Crippen molar-refractivity contribution in [3.05, 3.63) is 45.9 Å². The molecule has 1 atom stereocenters. The van der Waals surface area contributed by atoms with Gasteiger partial charge >= 0.3 is 0 Å². The molecule has 0 aliphatic carbocycles. The number of thioether (sulfide) groups is 1.